The zero-order valence-corrected chi connectivity index (χ0v) is 12.5. The quantitative estimate of drug-likeness (QED) is 0.840. The smallest absolute Gasteiger partial charge is 0.325 e. The van der Waals surface area contributed by atoms with Crippen molar-refractivity contribution in [3.05, 3.63) is 35.4 Å². The van der Waals surface area contributed by atoms with E-state index in [9.17, 15) is 9.59 Å². The maximum Gasteiger partial charge on any atom is 0.325 e. The van der Waals surface area contributed by atoms with Crippen molar-refractivity contribution in [3.8, 4) is 0 Å². The highest BCUT2D eigenvalue weighted by molar-refractivity contribution is 5.87. The summed E-state index contributed by atoms with van der Waals surface area (Å²) in [5.74, 6) is -1.06. The molecular formula is C16H23NO3. The summed E-state index contributed by atoms with van der Waals surface area (Å²) in [5.41, 5.74) is 2.14. The monoisotopic (exact) mass is 277 g/mol. The number of nitrogens with one attached hydrogen (secondary N) is 1. The zero-order chi connectivity index (χ0) is 15.3. The van der Waals surface area contributed by atoms with Gasteiger partial charge in [0.05, 0.1) is 5.92 Å². The van der Waals surface area contributed by atoms with Crippen LogP contribution >= 0.6 is 0 Å². The molecule has 1 aromatic rings. The minimum absolute atomic E-state index is 0.267. The number of aliphatic carboxylic acids is 1. The lowest BCUT2D eigenvalue weighted by Crippen LogP contribution is -2.40. The second-order valence-corrected chi connectivity index (χ2v) is 5.63. The minimum atomic E-state index is -1.03. The third kappa shape index (κ3) is 4.68. The molecular weight excluding hydrogens is 254 g/mol. The third-order valence-electron chi connectivity index (χ3n) is 3.25. The van der Waals surface area contributed by atoms with Gasteiger partial charge in [-0.05, 0) is 37.3 Å². The molecule has 1 aromatic carbocycles. The lowest BCUT2D eigenvalue weighted by molar-refractivity contribution is -0.141. The first-order valence-corrected chi connectivity index (χ1v) is 6.93. The molecule has 1 rings (SSSR count). The van der Waals surface area contributed by atoms with Crippen LogP contribution < -0.4 is 5.32 Å². The maximum absolute atomic E-state index is 11.9. The number of hydrogen-bond donors (Lipinski definition) is 2. The number of hydrogen-bond acceptors (Lipinski definition) is 2. The van der Waals surface area contributed by atoms with Crippen LogP contribution in [0.2, 0.25) is 0 Å². The molecule has 110 valence electrons. The number of amides is 1. The normalized spacial score (nSPS) is 13.8. The van der Waals surface area contributed by atoms with E-state index in [-0.39, 0.29) is 11.8 Å². The van der Waals surface area contributed by atoms with E-state index in [0.29, 0.717) is 5.92 Å². The Balaban J connectivity index is 2.69. The van der Waals surface area contributed by atoms with Gasteiger partial charge in [0.15, 0.2) is 0 Å². The number of carbonyl (C=O) groups is 2. The maximum atomic E-state index is 11.9. The van der Waals surface area contributed by atoms with Gasteiger partial charge in [0, 0.05) is 0 Å². The van der Waals surface area contributed by atoms with Gasteiger partial charge in [-0.25, -0.2) is 0 Å². The number of carboxylic acids is 1. The van der Waals surface area contributed by atoms with Crippen LogP contribution in [0.15, 0.2) is 24.3 Å². The molecule has 0 saturated carbocycles. The van der Waals surface area contributed by atoms with Crippen molar-refractivity contribution in [2.24, 2.45) is 5.92 Å². The average molecular weight is 277 g/mol. The SMILES string of the molecule is CC(C)Cc1ccc([C@@H](C)C(=O)N[C@H](C)C(=O)O)cc1. The molecule has 0 aromatic heterocycles. The Morgan fingerprint density at radius 2 is 1.65 bits per heavy atom. The van der Waals surface area contributed by atoms with Gasteiger partial charge in [-0.3, -0.25) is 9.59 Å². The first-order valence-electron chi connectivity index (χ1n) is 6.93. The summed E-state index contributed by atoms with van der Waals surface area (Å²) in [6, 6.07) is 7.06. The van der Waals surface area contributed by atoms with Crippen molar-refractivity contribution in [2.75, 3.05) is 0 Å². The fourth-order valence-corrected chi connectivity index (χ4v) is 1.97. The van der Waals surface area contributed by atoms with Crippen LogP contribution in [0.3, 0.4) is 0 Å². The first kappa shape index (κ1) is 16.2. The molecule has 0 unspecified atom stereocenters. The minimum Gasteiger partial charge on any atom is -0.480 e. The first-order chi connectivity index (χ1) is 9.31. The van der Waals surface area contributed by atoms with Gasteiger partial charge in [-0.15, -0.1) is 0 Å². The second-order valence-electron chi connectivity index (χ2n) is 5.63. The molecule has 1 amide bonds. The van der Waals surface area contributed by atoms with Crippen molar-refractivity contribution < 1.29 is 14.7 Å². The standard InChI is InChI=1S/C16H23NO3/c1-10(2)9-13-5-7-14(8-6-13)11(3)15(18)17-12(4)16(19)20/h5-8,10-12H,9H2,1-4H3,(H,17,18)(H,19,20)/t11-,12-/m1/s1. The Hall–Kier alpha value is -1.84. The van der Waals surface area contributed by atoms with E-state index in [2.05, 4.69) is 19.2 Å². The summed E-state index contributed by atoms with van der Waals surface area (Å²) in [5, 5.41) is 11.3. The summed E-state index contributed by atoms with van der Waals surface area (Å²) in [6.07, 6.45) is 1.01. The fraction of sp³-hybridized carbons (Fsp3) is 0.500. The second kappa shape index (κ2) is 7.08. The molecule has 0 aliphatic carbocycles. The molecule has 2 atom stereocenters. The summed E-state index contributed by atoms with van der Waals surface area (Å²) in [4.78, 5) is 22.7. The molecule has 0 radical (unpaired) electrons. The van der Waals surface area contributed by atoms with E-state index < -0.39 is 12.0 Å². The van der Waals surface area contributed by atoms with Gasteiger partial charge in [-0.1, -0.05) is 38.1 Å². The highest BCUT2D eigenvalue weighted by Gasteiger charge is 2.20. The van der Waals surface area contributed by atoms with Gasteiger partial charge in [0.1, 0.15) is 6.04 Å². The highest BCUT2D eigenvalue weighted by atomic mass is 16.4. The molecule has 0 aliphatic heterocycles. The molecule has 20 heavy (non-hydrogen) atoms. The van der Waals surface area contributed by atoms with Crippen LogP contribution in [0, 0.1) is 5.92 Å². The number of carbonyl (C=O) groups excluding carboxylic acids is 1. The van der Waals surface area contributed by atoms with E-state index in [1.165, 1.54) is 12.5 Å². The number of benzene rings is 1. The fourth-order valence-electron chi connectivity index (χ4n) is 1.97. The molecule has 0 fully saturated rings. The molecule has 0 saturated heterocycles. The Kier molecular flexibility index (Phi) is 5.74. The Morgan fingerprint density at radius 1 is 1.10 bits per heavy atom. The van der Waals surface area contributed by atoms with E-state index >= 15 is 0 Å². The Bertz CT molecular complexity index is 465. The van der Waals surface area contributed by atoms with Gasteiger partial charge >= 0.3 is 5.97 Å². The Labute approximate surface area is 120 Å². The average Bonchev–Trinajstić information content (AvgIpc) is 2.37. The molecule has 2 N–H and O–H groups in total. The van der Waals surface area contributed by atoms with E-state index in [0.717, 1.165) is 12.0 Å². The molecule has 0 heterocycles. The van der Waals surface area contributed by atoms with Crippen LogP contribution in [-0.2, 0) is 16.0 Å². The molecule has 4 heteroatoms. The summed E-state index contributed by atoms with van der Waals surface area (Å²) in [7, 11) is 0. The zero-order valence-electron chi connectivity index (χ0n) is 12.5. The number of carboxylic acid groups (broad SMARTS) is 1. The Morgan fingerprint density at radius 3 is 2.10 bits per heavy atom. The van der Waals surface area contributed by atoms with Gasteiger partial charge in [0.25, 0.3) is 0 Å². The van der Waals surface area contributed by atoms with Gasteiger partial charge < -0.3 is 10.4 Å². The van der Waals surface area contributed by atoms with Crippen molar-refractivity contribution in [2.45, 2.75) is 46.1 Å². The third-order valence-corrected chi connectivity index (χ3v) is 3.25. The summed E-state index contributed by atoms with van der Waals surface area (Å²) in [6.45, 7) is 7.56. The van der Waals surface area contributed by atoms with Crippen molar-refractivity contribution in [3.63, 3.8) is 0 Å². The largest absolute Gasteiger partial charge is 0.480 e. The van der Waals surface area contributed by atoms with Crippen molar-refractivity contribution >= 4 is 11.9 Å². The van der Waals surface area contributed by atoms with Crippen molar-refractivity contribution in [1.82, 2.24) is 5.32 Å². The predicted molar refractivity (Wildman–Crippen MR) is 78.6 cm³/mol. The van der Waals surface area contributed by atoms with Crippen LogP contribution in [0.5, 0.6) is 0 Å². The lowest BCUT2D eigenvalue weighted by Gasteiger charge is -2.15. The van der Waals surface area contributed by atoms with E-state index in [1.807, 2.05) is 24.3 Å². The lowest BCUT2D eigenvalue weighted by atomic mass is 9.96. The van der Waals surface area contributed by atoms with Crippen LogP contribution in [0.4, 0.5) is 0 Å². The predicted octanol–water partition coefficient (Wildman–Crippen LogP) is 2.58. The highest BCUT2D eigenvalue weighted by Crippen LogP contribution is 2.17. The van der Waals surface area contributed by atoms with E-state index in [4.69, 9.17) is 5.11 Å². The number of rotatable bonds is 6. The van der Waals surface area contributed by atoms with Gasteiger partial charge in [-0.2, -0.15) is 0 Å². The van der Waals surface area contributed by atoms with Crippen LogP contribution in [0.1, 0.15) is 44.7 Å². The van der Waals surface area contributed by atoms with E-state index in [1.54, 1.807) is 6.92 Å². The molecule has 0 aliphatic rings. The summed E-state index contributed by atoms with van der Waals surface area (Å²) >= 11 is 0. The van der Waals surface area contributed by atoms with Crippen molar-refractivity contribution in [1.29, 1.82) is 0 Å². The molecule has 0 bridgehead atoms. The molecule has 4 nitrogen and oxygen atoms in total. The van der Waals surface area contributed by atoms with Crippen LogP contribution in [-0.4, -0.2) is 23.0 Å². The summed E-state index contributed by atoms with van der Waals surface area (Å²) < 4.78 is 0. The van der Waals surface area contributed by atoms with Gasteiger partial charge in [0.2, 0.25) is 5.91 Å². The molecule has 0 spiro atoms. The topological polar surface area (TPSA) is 66.4 Å². The van der Waals surface area contributed by atoms with Crippen LogP contribution in [0.25, 0.3) is 0 Å².